The highest BCUT2D eigenvalue weighted by molar-refractivity contribution is 6.00. The van der Waals surface area contributed by atoms with Gasteiger partial charge in [0.2, 0.25) is 0 Å². The second-order valence-corrected chi connectivity index (χ2v) is 4.54. The van der Waals surface area contributed by atoms with Crippen LogP contribution in [0.15, 0.2) is 36.7 Å². The molecular weight excluding hydrogens is 293 g/mol. The molecule has 0 saturated heterocycles. The Morgan fingerprint density at radius 1 is 1.19 bits per heavy atom. The molecule has 0 unspecified atom stereocenters. The molecule has 4 N–H and O–H groups in total. The quantitative estimate of drug-likeness (QED) is 0.718. The number of halogens is 2. The summed E-state index contributed by atoms with van der Waals surface area (Å²) in [5.41, 5.74) is 7.53. The number of benzene rings is 1. The van der Waals surface area contributed by atoms with Gasteiger partial charge in [0, 0.05) is 24.5 Å². The van der Waals surface area contributed by atoms with Gasteiger partial charge in [-0.1, -0.05) is 12.1 Å². The SMILES string of the molecule is Cl.NCCCCNC(=O)c1c[nH]cc1-c1ccc(F)cc1. The van der Waals surface area contributed by atoms with Gasteiger partial charge < -0.3 is 16.0 Å². The highest BCUT2D eigenvalue weighted by atomic mass is 35.5. The molecule has 21 heavy (non-hydrogen) atoms. The number of hydrogen-bond acceptors (Lipinski definition) is 2. The minimum absolute atomic E-state index is 0. The minimum Gasteiger partial charge on any atom is -0.366 e. The molecular formula is C15H19ClFN3O. The smallest absolute Gasteiger partial charge is 0.253 e. The largest absolute Gasteiger partial charge is 0.366 e. The van der Waals surface area contributed by atoms with Crippen LogP contribution in [-0.2, 0) is 0 Å². The van der Waals surface area contributed by atoms with Crippen LogP contribution in [0.4, 0.5) is 4.39 Å². The number of amides is 1. The third-order valence-corrected chi connectivity index (χ3v) is 3.06. The molecule has 0 saturated carbocycles. The van der Waals surface area contributed by atoms with Gasteiger partial charge in [-0.3, -0.25) is 4.79 Å². The molecule has 1 amide bonds. The third-order valence-electron chi connectivity index (χ3n) is 3.06. The standard InChI is InChI=1S/C15H18FN3O.ClH/c16-12-5-3-11(4-6-12)13-9-18-10-14(13)15(20)19-8-2-1-7-17;/h3-6,9-10,18H,1-2,7-8,17H2,(H,19,20);1H. The van der Waals surface area contributed by atoms with E-state index in [0.717, 1.165) is 24.0 Å². The molecule has 0 fully saturated rings. The van der Waals surface area contributed by atoms with Gasteiger partial charge in [-0.15, -0.1) is 12.4 Å². The Balaban J connectivity index is 0.00000220. The van der Waals surface area contributed by atoms with Crippen LogP contribution in [0.2, 0.25) is 0 Å². The normalized spacial score (nSPS) is 10.0. The first-order chi connectivity index (χ1) is 9.72. The summed E-state index contributed by atoms with van der Waals surface area (Å²) in [5.74, 6) is -0.431. The Bertz CT molecular complexity index is 569. The van der Waals surface area contributed by atoms with Crippen LogP contribution < -0.4 is 11.1 Å². The van der Waals surface area contributed by atoms with Crippen LogP contribution in [-0.4, -0.2) is 24.0 Å². The molecule has 1 heterocycles. The highest BCUT2D eigenvalue weighted by Crippen LogP contribution is 2.23. The number of hydrogen-bond donors (Lipinski definition) is 3. The van der Waals surface area contributed by atoms with E-state index in [1.165, 1.54) is 12.1 Å². The number of aromatic nitrogens is 1. The van der Waals surface area contributed by atoms with Crippen molar-refractivity contribution >= 4 is 18.3 Å². The fourth-order valence-electron chi connectivity index (χ4n) is 1.99. The first kappa shape index (κ1) is 17.2. The lowest BCUT2D eigenvalue weighted by atomic mass is 10.0. The van der Waals surface area contributed by atoms with E-state index in [4.69, 9.17) is 5.73 Å². The van der Waals surface area contributed by atoms with Crippen molar-refractivity contribution in [2.45, 2.75) is 12.8 Å². The van der Waals surface area contributed by atoms with Crippen molar-refractivity contribution in [2.75, 3.05) is 13.1 Å². The average Bonchev–Trinajstić information content (AvgIpc) is 2.93. The number of nitrogens with two attached hydrogens (primary N) is 1. The van der Waals surface area contributed by atoms with Crippen molar-refractivity contribution in [3.05, 3.63) is 48.0 Å². The lowest BCUT2D eigenvalue weighted by molar-refractivity contribution is 0.0954. The molecule has 114 valence electrons. The van der Waals surface area contributed by atoms with Crippen molar-refractivity contribution in [2.24, 2.45) is 5.73 Å². The summed E-state index contributed by atoms with van der Waals surface area (Å²) in [5, 5.41) is 2.85. The number of carbonyl (C=O) groups is 1. The maximum Gasteiger partial charge on any atom is 0.253 e. The zero-order valence-corrected chi connectivity index (χ0v) is 12.4. The molecule has 6 heteroatoms. The summed E-state index contributed by atoms with van der Waals surface area (Å²) >= 11 is 0. The van der Waals surface area contributed by atoms with Gasteiger partial charge in [-0.05, 0) is 37.1 Å². The molecule has 4 nitrogen and oxygen atoms in total. The molecule has 1 aromatic heterocycles. The van der Waals surface area contributed by atoms with Gasteiger partial charge >= 0.3 is 0 Å². The van der Waals surface area contributed by atoms with E-state index in [2.05, 4.69) is 10.3 Å². The predicted molar refractivity (Wildman–Crippen MR) is 84.1 cm³/mol. The van der Waals surface area contributed by atoms with Crippen molar-refractivity contribution < 1.29 is 9.18 Å². The summed E-state index contributed by atoms with van der Waals surface area (Å²) < 4.78 is 12.9. The monoisotopic (exact) mass is 311 g/mol. The maximum absolute atomic E-state index is 12.9. The van der Waals surface area contributed by atoms with E-state index in [-0.39, 0.29) is 24.1 Å². The first-order valence-corrected chi connectivity index (χ1v) is 6.63. The van der Waals surface area contributed by atoms with Crippen LogP contribution >= 0.6 is 12.4 Å². The molecule has 2 rings (SSSR count). The van der Waals surface area contributed by atoms with E-state index in [0.29, 0.717) is 18.7 Å². The van der Waals surface area contributed by atoms with Gasteiger partial charge in [-0.25, -0.2) is 4.39 Å². The highest BCUT2D eigenvalue weighted by Gasteiger charge is 2.13. The molecule has 1 aromatic carbocycles. The topological polar surface area (TPSA) is 70.9 Å². The number of unbranched alkanes of at least 4 members (excludes halogenated alkanes) is 1. The molecule has 0 radical (unpaired) electrons. The Morgan fingerprint density at radius 3 is 2.57 bits per heavy atom. The Labute approximate surface area is 129 Å². The summed E-state index contributed by atoms with van der Waals surface area (Å²) in [6, 6.07) is 6.07. The molecule has 0 aliphatic heterocycles. The van der Waals surface area contributed by atoms with Gasteiger partial charge in [0.25, 0.3) is 5.91 Å². The minimum atomic E-state index is -0.294. The van der Waals surface area contributed by atoms with Crippen molar-refractivity contribution in [1.82, 2.24) is 10.3 Å². The fraction of sp³-hybridized carbons (Fsp3) is 0.267. The number of carbonyl (C=O) groups excluding carboxylic acids is 1. The lowest BCUT2D eigenvalue weighted by Crippen LogP contribution is -2.24. The van der Waals surface area contributed by atoms with Crippen molar-refractivity contribution in [3.63, 3.8) is 0 Å². The molecule has 0 bridgehead atoms. The Morgan fingerprint density at radius 2 is 1.90 bits per heavy atom. The number of aromatic amines is 1. The van der Waals surface area contributed by atoms with Crippen LogP contribution in [0, 0.1) is 5.82 Å². The van der Waals surface area contributed by atoms with E-state index in [9.17, 15) is 9.18 Å². The van der Waals surface area contributed by atoms with Crippen LogP contribution in [0.25, 0.3) is 11.1 Å². The maximum atomic E-state index is 12.9. The number of nitrogens with one attached hydrogen (secondary N) is 2. The van der Waals surface area contributed by atoms with Crippen molar-refractivity contribution in [1.29, 1.82) is 0 Å². The fourth-order valence-corrected chi connectivity index (χ4v) is 1.99. The zero-order valence-electron chi connectivity index (χ0n) is 11.6. The second kappa shape index (κ2) is 8.44. The summed E-state index contributed by atoms with van der Waals surface area (Å²) in [6.45, 7) is 1.23. The lowest BCUT2D eigenvalue weighted by Gasteiger charge is -2.06. The van der Waals surface area contributed by atoms with E-state index >= 15 is 0 Å². The van der Waals surface area contributed by atoms with Crippen LogP contribution in [0.5, 0.6) is 0 Å². The Kier molecular flexibility index (Phi) is 6.91. The average molecular weight is 312 g/mol. The van der Waals surface area contributed by atoms with Crippen LogP contribution in [0.3, 0.4) is 0 Å². The molecule has 0 spiro atoms. The van der Waals surface area contributed by atoms with Crippen molar-refractivity contribution in [3.8, 4) is 11.1 Å². The Hall–Kier alpha value is -1.85. The zero-order chi connectivity index (χ0) is 14.4. The molecule has 0 aliphatic rings. The van der Waals surface area contributed by atoms with Gasteiger partial charge in [-0.2, -0.15) is 0 Å². The predicted octanol–water partition coefficient (Wildman–Crippen LogP) is 2.71. The second-order valence-electron chi connectivity index (χ2n) is 4.54. The summed E-state index contributed by atoms with van der Waals surface area (Å²) in [7, 11) is 0. The first-order valence-electron chi connectivity index (χ1n) is 6.63. The van der Waals surface area contributed by atoms with Gasteiger partial charge in [0.1, 0.15) is 5.82 Å². The summed E-state index contributed by atoms with van der Waals surface area (Å²) in [6.07, 6.45) is 5.13. The molecule has 2 aromatic rings. The number of H-pyrrole nitrogens is 1. The van der Waals surface area contributed by atoms with Crippen LogP contribution in [0.1, 0.15) is 23.2 Å². The molecule has 0 atom stereocenters. The third kappa shape index (κ3) is 4.58. The summed E-state index contributed by atoms with van der Waals surface area (Å²) in [4.78, 5) is 15.0. The number of rotatable bonds is 6. The van der Waals surface area contributed by atoms with E-state index in [1.54, 1.807) is 24.5 Å². The van der Waals surface area contributed by atoms with E-state index in [1.807, 2.05) is 0 Å². The molecule has 0 aliphatic carbocycles. The van der Waals surface area contributed by atoms with Gasteiger partial charge in [0.05, 0.1) is 5.56 Å². The van der Waals surface area contributed by atoms with E-state index < -0.39 is 0 Å². The van der Waals surface area contributed by atoms with Gasteiger partial charge in [0.15, 0.2) is 0 Å².